The monoisotopic (exact) mass is 256 g/mol. The minimum atomic E-state index is -1.27. The van der Waals surface area contributed by atoms with E-state index in [0.29, 0.717) is 18.6 Å². The number of nitriles is 1. The number of benzene rings is 1. The molecule has 6 heteroatoms. The Kier molecular flexibility index (Phi) is 4.72. The molecular formula is C12H11F3N2O. The van der Waals surface area contributed by atoms with E-state index >= 15 is 0 Å². The van der Waals surface area contributed by atoms with E-state index in [1.54, 1.807) is 6.92 Å². The minimum absolute atomic E-state index is 0.0344. The molecule has 0 saturated heterocycles. The molecule has 0 aliphatic heterocycles. The zero-order valence-corrected chi connectivity index (χ0v) is 9.64. The SMILES string of the molecule is CCC(CC#N)NC(=O)c1c(F)cc(F)cc1F. The maximum Gasteiger partial charge on any atom is 0.257 e. The molecule has 1 aromatic rings. The smallest absolute Gasteiger partial charge is 0.257 e. The van der Waals surface area contributed by atoms with Crippen molar-refractivity contribution in [3.05, 3.63) is 35.1 Å². The summed E-state index contributed by atoms with van der Waals surface area (Å²) < 4.78 is 39.3. The molecule has 96 valence electrons. The van der Waals surface area contributed by atoms with E-state index in [-0.39, 0.29) is 6.42 Å². The van der Waals surface area contributed by atoms with Crippen molar-refractivity contribution in [2.24, 2.45) is 0 Å². The molecule has 18 heavy (non-hydrogen) atoms. The summed E-state index contributed by atoms with van der Waals surface area (Å²) in [4.78, 5) is 11.6. The highest BCUT2D eigenvalue weighted by molar-refractivity contribution is 5.94. The molecule has 0 aromatic heterocycles. The van der Waals surface area contributed by atoms with Crippen LogP contribution in [-0.4, -0.2) is 11.9 Å². The van der Waals surface area contributed by atoms with Crippen LogP contribution in [0.1, 0.15) is 30.1 Å². The van der Waals surface area contributed by atoms with Gasteiger partial charge in [-0.25, -0.2) is 13.2 Å². The number of carbonyl (C=O) groups is 1. The Morgan fingerprint density at radius 1 is 1.39 bits per heavy atom. The molecule has 1 aromatic carbocycles. The number of hydrogen-bond donors (Lipinski definition) is 1. The van der Waals surface area contributed by atoms with Gasteiger partial charge in [0.1, 0.15) is 23.0 Å². The molecule has 0 saturated carbocycles. The minimum Gasteiger partial charge on any atom is -0.348 e. The molecule has 1 unspecified atom stereocenters. The van der Waals surface area contributed by atoms with Gasteiger partial charge in [-0.05, 0) is 6.42 Å². The number of rotatable bonds is 4. The molecule has 1 N–H and O–H groups in total. The van der Waals surface area contributed by atoms with Gasteiger partial charge in [0.25, 0.3) is 5.91 Å². The van der Waals surface area contributed by atoms with Gasteiger partial charge in [0.15, 0.2) is 0 Å². The van der Waals surface area contributed by atoms with E-state index in [4.69, 9.17) is 5.26 Å². The van der Waals surface area contributed by atoms with Gasteiger partial charge in [0.05, 0.1) is 12.5 Å². The van der Waals surface area contributed by atoms with Crippen molar-refractivity contribution in [1.82, 2.24) is 5.32 Å². The lowest BCUT2D eigenvalue weighted by atomic mass is 10.1. The fourth-order valence-electron chi connectivity index (χ4n) is 1.42. The lowest BCUT2D eigenvalue weighted by Gasteiger charge is -2.14. The molecular weight excluding hydrogens is 245 g/mol. The third-order valence-electron chi connectivity index (χ3n) is 2.40. The van der Waals surface area contributed by atoms with Crippen LogP contribution in [0, 0.1) is 28.8 Å². The molecule has 0 heterocycles. The first-order valence-electron chi connectivity index (χ1n) is 5.32. The van der Waals surface area contributed by atoms with Crippen LogP contribution in [0.5, 0.6) is 0 Å². The molecule has 0 spiro atoms. The first kappa shape index (κ1) is 14.0. The average molecular weight is 256 g/mol. The number of nitrogens with zero attached hydrogens (tertiary/aromatic N) is 1. The van der Waals surface area contributed by atoms with Gasteiger partial charge in [-0.15, -0.1) is 0 Å². The molecule has 1 amide bonds. The Bertz CT molecular complexity index is 474. The number of hydrogen-bond acceptors (Lipinski definition) is 2. The first-order valence-corrected chi connectivity index (χ1v) is 5.32. The molecule has 0 fully saturated rings. The Morgan fingerprint density at radius 3 is 2.39 bits per heavy atom. The molecule has 0 radical (unpaired) electrons. The Morgan fingerprint density at radius 2 is 1.94 bits per heavy atom. The van der Waals surface area contributed by atoms with Gasteiger partial charge in [-0.1, -0.05) is 6.92 Å². The highest BCUT2D eigenvalue weighted by Crippen LogP contribution is 2.15. The van der Waals surface area contributed by atoms with Crippen molar-refractivity contribution >= 4 is 5.91 Å². The predicted octanol–water partition coefficient (Wildman–Crippen LogP) is 2.53. The van der Waals surface area contributed by atoms with E-state index in [1.807, 2.05) is 6.07 Å². The summed E-state index contributed by atoms with van der Waals surface area (Å²) in [7, 11) is 0. The lowest BCUT2D eigenvalue weighted by Crippen LogP contribution is -2.35. The van der Waals surface area contributed by atoms with Gasteiger partial charge < -0.3 is 5.32 Å². The normalized spacial score (nSPS) is 11.7. The van der Waals surface area contributed by atoms with Crippen molar-refractivity contribution in [1.29, 1.82) is 5.26 Å². The molecule has 3 nitrogen and oxygen atoms in total. The van der Waals surface area contributed by atoms with Crippen LogP contribution in [0.3, 0.4) is 0 Å². The summed E-state index contributed by atoms with van der Waals surface area (Å²) in [6.07, 6.45) is 0.483. The highest BCUT2D eigenvalue weighted by atomic mass is 19.1. The van der Waals surface area contributed by atoms with Crippen LogP contribution in [0.2, 0.25) is 0 Å². The number of halogens is 3. The Labute approximate surface area is 102 Å². The summed E-state index contributed by atoms with van der Waals surface area (Å²) in [5.41, 5.74) is -0.840. The van der Waals surface area contributed by atoms with Crippen LogP contribution in [-0.2, 0) is 0 Å². The zero-order valence-electron chi connectivity index (χ0n) is 9.64. The summed E-state index contributed by atoms with van der Waals surface area (Å²) in [5, 5.41) is 10.8. The molecule has 1 atom stereocenters. The highest BCUT2D eigenvalue weighted by Gasteiger charge is 2.20. The third-order valence-corrected chi connectivity index (χ3v) is 2.40. The molecule has 0 bridgehead atoms. The van der Waals surface area contributed by atoms with Crippen LogP contribution < -0.4 is 5.32 Å². The van der Waals surface area contributed by atoms with Crippen molar-refractivity contribution < 1.29 is 18.0 Å². The molecule has 0 aliphatic rings. The van der Waals surface area contributed by atoms with Gasteiger partial charge in [-0.3, -0.25) is 4.79 Å². The maximum atomic E-state index is 13.3. The summed E-state index contributed by atoms with van der Waals surface area (Å²) in [6, 6.07) is 2.23. The second kappa shape index (κ2) is 6.05. The summed E-state index contributed by atoms with van der Waals surface area (Å²) in [6.45, 7) is 1.72. The number of carbonyl (C=O) groups excluding carboxylic acids is 1. The second-order valence-corrected chi connectivity index (χ2v) is 3.69. The quantitative estimate of drug-likeness (QED) is 0.899. The van der Waals surface area contributed by atoms with E-state index in [0.717, 1.165) is 0 Å². The van der Waals surface area contributed by atoms with Gasteiger partial charge in [-0.2, -0.15) is 5.26 Å². The Balaban J connectivity index is 2.95. The zero-order chi connectivity index (χ0) is 13.7. The fourth-order valence-corrected chi connectivity index (χ4v) is 1.42. The van der Waals surface area contributed by atoms with Crippen molar-refractivity contribution in [2.45, 2.75) is 25.8 Å². The van der Waals surface area contributed by atoms with Crippen LogP contribution >= 0.6 is 0 Å². The van der Waals surface area contributed by atoms with Crippen molar-refractivity contribution in [3.63, 3.8) is 0 Å². The maximum absolute atomic E-state index is 13.3. The van der Waals surface area contributed by atoms with Crippen LogP contribution in [0.15, 0.2) is 12.1 Å². The fraction of sp³-hybridized carbons (Fsp3) is 0.333. The predicted molar refractivity (Wildman–Crippen MR) is 58.1 cm³/mol. The Hall–Kier alpha value is -2.03. The topological polar surface area (TPSA) is 52.9 Å². The van der Waals surface area contributed by atoms with Gasteiger partial charge >= 0.3 is 0 Å². The van der Waals surface area contributed by atoms with Gasteiger partial charge in [0, 0.05) is 18.2 Å². The molecule has 1 rings (SSSR count). The molecule has 0 aliphatic carbocycles. The lowest BCUT2D eigenvalue weighted by molar-refractivity contribution is 0.0928. The number of amides is 1. The van der Waals surface area contributed by atoms with E-state index < -0.39 is 35.0 Å². The summed E-state index contributed by atoms with van der Waals surface area (Å²) in [5.74, 6) is -4.62. The summed E-state index contributed by atoms with van der Waals surface area (Å²) >= 11 is 0. The van der Waals surface area contributed by atoms with E-state index in [2.05, 4.69) is 5.32 Å². The van der Waals surface area contributed by atoms with Crippen molar-refractivity contribution in [3.8, 4) is 6.07 Å². The average Bonchev–Trinajstić information content (AvgIpc) is 2.26. The van der Waals surface area contributed by atoms with E-state index in [9.17, 15) is 18.0 Å². The largest absolute Gasteiger partial charge is 0.348 e. The number of nitrogens with one attached hydrogen (secondary N) is 1. The standard InChI is InChI=1S/C12H11F3N2O/c1-2-8(3-4-16)17-12(18)11-9(14)5-7(13)6-10(11)15/h5-6,8H,2-3H2,1H3,(H,17,18). The van der Waals surface area contributed by atoms with Crippen LogP contribution in [0.25, 0.3) is 0 Å². The second-order valence-electron chi connectivity index (χ2n) is 3.69. The first-order chi connectivity index (χ1) is 8.49. The van der Waals surface area contributed by atoms with Gasteiger partial charge in [0.2, 0.25) is 0 Å². The van der Waals surface area contributed by atoms with Crippen LogP contribution in [0.4, 0.5) is 13.2 Å². The van der Waals surface area contributed by atoms with E-state index in [1.165, 1.54) is 0 Å². The van der Waals surface area contributed by atoms with Crippen molar-refractivity contribution in [2.75, 3.05) is 0 Å². The third kappa shape index (κ3) is 3.23.